The van der Waals surface area contributed by atoms with Gasteiger partial charge in [0.15, 0.2) is 11.5 Å². The Bertz CT molecular complexity index is 1250. The van der Waals surface area contributed by atoms with Crippen molar-refractivity contribution < 1.29 is 19.6 Å². The van der Waals surface area contributed by atoms with Crippen LogP contribution in [0.4, 0.5) is 5.69 Å². The van der Waals surface area contributed by atoms with Crippen LogP contribution in [-0.4, -0.2) is 33.8 Å². The summed E-state index contributed by atoms with van der Waals surface area (Å²) >= 11 is 5.86. The highest BCUT2D eigenvalue weighted by molar-refractivity contribution is 6.30. The number of pyridine rings is 1. The number of methoxy groups -OCH3 is 1. The smallest absolute Gasteiger partial charge is 0.282 e. The van der Waals surface area contributed by atoms with E-state index in [0.29, 0.717) is 5.02 Å². The third-order valence-corrected chi connectivity index (χ3v) is 4.68. The largest absolute Gasteiger partial charge is 0.504 e. The lowest BCUT2D eigenvalue weighted by atomic mass is 10.1. The summed E-state index contributed by atoms with van der Waals surface area (Å²) in [5, 5.41) is 25.3. The van der Waals surface area contributed by atoms with E-state index in [4.69, 9.17) is 16.3 Å². The number of phenols is 1. The van der Waals surface area contributed by atoms with Gasteiger partial charge in [-0.15, -0.1) is 0 Å². The van der Waals surface area contributed by atoms with Crippen molar-refractivity contribution in [1.29, 1.82) is 0 Å². The summed E-state index contributed by atoms with van der Waals surface area (Å²) in [6.07, 6.45) is 2.53. The molecule has 0 unspecified atom stereocenters. The molecule has 10 nitrogen and oxygen atoms in total. The van der Waals surface area contributed by atoms with E-state index in [-0.39, 0.29) is 34.9 Å². The SMILES string of the molecule is COc1cc([N+](=O)[O-])c(/C=N\NC(=O)c2cccn(Cc3ccc(Cl)cc3)c2=O)cc1O. The fourth-order valence-electron chi connectivity index (χ4n) is 2.84. The quantitative estimate of drug-likeness (QED) is 0.318. The molecule has 0 radical (unpaired) electrons. The van der Waals surface area contributed by atoms with E-state index >= 15 is 0 Å². The number of aromatic hydroxyl groups is 1. The standard InChI is InChI=1S/C21H17ClN4O6/c1-32-19-10-17(26(30)31)14(9-18(19)27)11-23-24-20(28)16-3-2-8-25(21(16)29)12-13-4-6-15(22)7-5-13/h2-11,27H,12H2,1H3,(H,24,28)/b23-11-. The molecule has 1 amide bonds. The maximum absolute atomic E-state index is 12.7. The van der Waals surface area contributed by atoms with Crippen LogP contribution in [-0.2, 0) is 6.54 Å². The first kappa shape index (κ1) is 22.5. The molecule has 32 heavy (non-hydrogen) atoms. The number of hydrogen-bond donors (Lipinski definition) is 2. The van der Waals surface area contributed by atoms with Gasteiger partial charge in [-0.2, -0.15) is 5.10 Å². The van der Waals surface area contributed by atoms with Gasteiger partial charge >= 0.3 is 0 Å². The Labute approximate surface area is 186 Å². The van der Waals surface area contributed by atoms with Gasteiger partial charge in [-0.3, -0.25) is 19.7 Å². The summed E-state index contributed by atoms with van der Waals surface area (Å²) in [5.41, 5.74) is 1.83. The molecule has 0 aliphatic carbocycles. The van der Waals surface area contributed by atoms with E-state index in [2.05, 4.69) is 10.5 Å². The maximum atomic E-state index is 12.7. The van der Waals surface area contributed by atoms with Crippen LogP contribution in [0.3, 0.4) is 0 Å². The monoisotopic (exact) mass is 456 g/mol. The Balaban J connectivity index is 1.79. The summed E-state index contributed by atoms with van der Waals surface area (Å²) in [5.74, 6) is -1.21. The van der Waals surface area contributed by atoms with Gasteiger partial charge in [-0.25, -0.2) is 5.43 Å². The molecule has 0 spiro atoms. The van der Waals surface area contributed by atoms with Crippen molar-refractivity contribution in [2.24, 2.45) is 5.10 Å². The number of nitro benzene ring substituents is 1. The molecular weight excluding hydrogens is 440 g/mol. The molecule has 0 atom stereocenters. The number of amides is 1. The van der Waals surface area contributed by atoms with Crippen molar-refractivity contribution in [2.45, 2.75) is 6.54 Å². The normalized spacial score (nSPS) is 10.8. The third kappa shape index (κ3) is 5.10. The second-order valence-electron chi connectivity index (χ2n) is 6.52. The molecule has 0 saturated heterocycles. The molecule has 0 aliphatic heterocycles. The lowest BCUT2D eigenvalue weighted by molar-refractivity contribution is -0.385. The first-order valence-corrected chi connectivity index (χ1v) is 9.50. The summed E-state index contributed by atoms with van der Waals surface area (Å²) < 4.78 is 6.21. The Morgan fingerprint density at radius 3 is 2.69 bits per heavy atom. The van der Waals surface area contributed by atoms with Crippen LogP contribution >= 0.6 is 11.6 Å². The average Bonchev–Trinajstić information content (AvgIpc) is 2.76. The number of rotatable bonds is 7. The number of benzene rings is 2. The molecule has 1 aromatic heterocycles. The van der Waals surface area contributed by atoms with Crippen molar-refractivity contribution in [3.63, 3.8) is 0 Å². The molecule has 11 heteroatoms. The average molecular weight is 457 g/mol. The van der Waals surface area contributed by atoms with Crippen molar-refractivity contribution in [1.82, 2.24) is 9.99 Å². The zero-order valence-electron chi connectivity index (χ0n) is 16.7. The van der Waals surface area contributed by atoms with Crippen LogP contribution in [0.1, 0.15) is 21.5 Å². The zero-order chi connectivity index (χ0) is 23.3. The molecule has 2 N–H and O–H groups in total. The maximum Gasteiger partial charge on any atom is 0.282 e. The van der Waals surface area contributed by atoms with Crippen LogP contribution in [0.25, 0.3) is 0 Å². The van der Waals surface area contributed by atoms with Gasteiger partial charge in [0.05, 0.1) is 36.4 Å². The van der Waals surface area contributed by atoms with Gasteiger partial charge in [0.1, 0.15) is 5.56 Å². The Kier molecular flexibility index (Phi) is 6.86. The highest BCUT2D eigenvalue weighted by Crippen LogP contribution is 2.32. The lowest BCUT2D eigenvalue weighted by Gasteiger charge is -2.08. The molecule has 164 valence electrons. The Hall–Kier alpha value is -4.18. The van der Waals surface area contributed by atoms with E-state index in [1.54, 1.807) is 36.5 Å². The molecule has 0 aliphatic rings. The fraction of sp³-hybridized carbons (Fsp3) is 0.0952. The van der Waals surface area contributed by atoms with Crippen molar-refractivity contribution in [3.8, 4) is 11.5 Å². The number of hydrazone groups is 1. The first-order valence-electron chi connectivity index (χ1n) is 9.13. The third-order valence-electron chi connectivity index (χ3n) is 4.43. The molecule has 0 fully saturated rings. The molecule has 2 aromatic carbocycles. The minimum absolute atomic E-state index is 0.0678. The van der Waals surface area contributed by atoms with Gasteiger partial charge < -0.3 is 14.4 Å². The van der Waals surface area contributed by atoms with Gasteiger partial charge in [-0.1, -0.05) is 23.7 Å². The number of carbonyl (C=O) groups excluding carboxylic acids is 1. The molecule has 3 aromatic rings. The Morgan fingerprint density at radius 2 is 2.03 bits per heavy atom. The number of aromatic nitrogens is 1. The number of hydrogen-bond acceptors (Lipinski definition) is 7. The number of phenolic OH excluding ortho intramolecular Hbond substituents is 1. The zero-order valence-corrected chi connectivity index (χ0v) is 17.4. The fourth-order valence-corrected chi connectivity index (χ4v) is 2.97. The molecule has 0 saturated carbocycles. The van der Waals surface area contributed by atoms with Crippen molar-refractivity contribution in [3.05, 3.63) is 96.9 Å². The van der Waals surface area contributed by atoms with Crippen molar-refractivity contribution in [2.75, 3.05) is 7.11 Å². The summed E-state index contributed by atoms with van der Waals surface area (Å²) in [6.45, 7) is 0.234. The van der Waals surface area contributed by atoms with Gasteiger partial charge in [0.2, 0.25) is 0 Å². The van der Waals surface area contributed by atoms with Gasteiger partial charge in [0.25, 0.3) is 17.2 Å². The topological polar surface area (TPSA) is 136 Å². The Morgan fingerprint density at radius 1 is 1.31 bits per heavy atom. The van der Waals surface area contributed by atoms with Crippen LogP contribution in [0.15, 0.2) is 64.6 Å². The van der Waals surface area contributed by atoms with E-state index in [0.717, 1.165) is 23.9 Å². The predicted octanol–water partition coefficient (Wildman–Crippen LogP) is 2.94. The van der Waals surface area contributed by atoms with E-state index in [1.165, 1.54) is 17.7 Å². The predicted molar refractivity (Wildman–Crippen MR) is 118 cm³/mol. The van der Waals surface area contributed by atoms with Crippen LogP contribution < -0.4 is 15.7 Å². The van der Waals surface area contributed by atoms with Crippen LogP contribution in [0, 0.1) is 10.1 Å². The van der Waals surface area contributed by atoms with Gasteiger partial charge in [-0.05, 0) is 35.9 Å². The number of nitro groups is 1. The highest BCUT2D eigenvalue weighted by atomic mass is 35.5. The number of halogens is 1. The molecular formula is C21H17ClN4O6. The number of nitrogens with zero attached hydrogens (tertiary/aromatic N) is 3. The number of nitrogens with one attached hydrogen (secondary N) is 1. The first-order chi connectivity index (χ1) is 15.3. The minimum atomic E-state index is -0.794. The van der Waals surface area contributed by atoms with Gasteiger partial charge in [0, 0.05) is 11.2 Å². The molecule has 1 heterocycles. The second kappa shape index (κ2) is 9.75. The number of ether oxygens (including phenoxy) is 1. The molecule has 0 bridgehead atoms. The number of carbonyl (C=O) groups is 1. The summed E-state index contributed by atoms with van der Waals surface area (Å²) in [4.78, 5) is 35.6. The summed E-state index contributed by atoms with van der Waals surface area (Å²) in [7, 11) is 1.26. The lowest BCUT2D eigenvalue weighted by Crippen LogP contribution is -2.30. The summed E-state index contributed by atoms with van der Waals surface area (Å²) in [6, 6.07) is 11.9. The second-order valence-corrected chi connectivity index (χ2v) is 6.96. The minimum Gasteiger partial charge on any atom is -0.504 e. The van der Waals surface area contributed by atoms with E-state index in [1.807, 2.05) is 0 Å². The van der Waals surface area contributed by atoms with Crippen LogP contribution in [0.2, 0.25) is 5.02 Å². The molecule has 3 rings (SSSR count). The van der Waals surface area contributed by atoms with Crippen LogP contribution in [0.5, 0.6) is 11.5 Å². The van der Waals surface area contributed by atoms with Crippen molar-refractivity contribution >= 4 is 29.4 Å². The highest BCUT2D eigenvalue weighted by Gasteiger charge is 2.18. The van der Waals surface area contributed by atoms with E-state index in [9.17, 15) is 24.8 Å². The van der Waals surface area contributed by atoms with E-state index < -0.39 is 16.4 Å².